The lowest BCUT2D eigenvalue weighted by atomic mass is 10.1. The number of nitrogens with zero attached hydrogens (tertiary/aromatic N) is 1. The number of aliphatic carboxylic acids is 1. The van der Waals surface area contributed by atoms with Crippen LogP contribution in [0, 0.1) is 5.92 Å². The van der Waals surface area contributed by atoms with Crippen LogP contribution in [-0.4, -0.2) is 23.0 Å². The lowest BCUT2D eigenvalue weighted by Crippen LogP contribution is -2.49. The number of hydrogen-bond acceptors (Lipinski definition) is 5. The van der Waals surface area contributed by atoms with Crippen molar-refractivity contribution in [1.82, 2.24) is 5.32 Å². The molecule has 4 N–H and O–H groups in total. The summed E-state index contributed by atoms with van der Waals surface area (Å²) in [5.74, 6) is -0.288. The molecule has 0 amide bonds. The minimum absolute atomic E-state index is 0.118. The Morgan fingerprint density at radius 3 is 2.85 bits per heavy atom. The lowest BCUT2D eigenvalue weighted by molar-refractivity contribution is -0.129. The highest BCUT2D eigenvalue weighted by Gasteiger charge is 2.26. The molecule has 0 saturated carbocycles. The van der Waals surface area contributed by atoms with Gasteiger partial charge in [0.15, 0.2) is 5.71 Å². The molecule has 0 aromatic rings. The summed E-state index contributed by atoms with van der Waals surface area (Å²) in [7, 11) is 0. The van der Waals surface area contributed by atoms with E-state index < -0.39 is 12.1 Å². The third kappa shape index (κ3) is 3.71. The van der Waals surface area contributed by atoms with Gasteiger partial charge in [-0.2, -0.15) is 0 Å². The van der Waals surface area contributed by atoms with Crippen molar-refractivity contribution in [2.45, 2.75) is 33.4 Å². The number of nitrogens with one attached hydrogen (secondary N) is 1. The van der Waals surface area contributed by atoms with E-state index in [1.807, 2.05) is 6.08 Å². The van der Waals surface area contributed by atoms with Crippen molar-refractivity contribution in [3.8, 4) is 0 Å². The molecular weight excluding hydrogens is 258 g/mol. The molecule has 0 radical (unpaired) electrons. The van der Waals surface area contributed by atoms with Gasteiger partial charge in [-0.3, -0.25) is 0 Å². The first-order valence-corrected chi connectivity index (χ1v) is 6.45. The monoisotopic (exact) mass is 279 g/mol. The van der Waals surface area contributed by atoms with Crippen LogP contribution < -0.4 is 11.1 Å². The zero-order chi connectivity index (χ0) is 15.3. The van der Waals surface area contributed by atoms with Crippen LogP contribution >= 0.6 is 0 Å². The minimum Gasteiger partial charge on any atom is -0.477 e. The molecule has 0 saturated heterocycles. The fraction of sp³-hybridized carbons (Fsp3) is 0.429. The molecule has 1 rings (SSSR count). The van der Waals surface area contributed by atoms with Crippen molar-refractivity contribution in [2.24, 2.45) is 16.6 Å². The molecule has 2 atom stereocenters. The van der Waals surface area contributed by atoms with Gasteiger partial charge in [-0.15, -0.1) is 0 Å². The smallest absolute Gasteiger partial charge is 0.353 e. The Bertz CT molecular complexity index is 492. The number of ether oxygens (including phenoxy) is 1. The van der Waals surface area contributed by atoms with Crippen LogP contribution in [0.2, 0.25) is 0 Å². The Kier molecular flexibility index (Phi) is 5.52. The first-order valence-electron chi connectivity index (χ1n) is 6.45. The maximum atomic E-state index is 11.0. The number of hydrogen-bond donors (Lipinski definition) is 3. The van der Waals surface area contributed by atoms with E-state index in [0.29, 0.717) is 23.1 Å². The molecule has 2 unspecified atom stereocenters. The number of carboxylic acid groups (broad SMARTS) is 1. The van der Waals surface area contributed by atoms with E-state index >= 15 is 0 Å². The SMILES string of the molecule is C=CO/C(=C\C(C)CC)C1=C(C)N=C(C(=O)O)C(N)N1. The number of aliphatic imine (C=N–C) groups is 1. The Labute approximate surface area is 118 Å². The number of rotatable bonds is 6. The Balaban J connectivity index is 3.20. The highest BCUT2D eigenvalue weighted by Crippen LogP contribution is 2.21. The first kappa shape index (κ1) is 16.0. The predicted octanol–water partition coefficient (Wildman–Crippen LogP) is 1.72. The molecule has 20 heavy (non-hydrogen) atoms. The highest BCUT2D eigenvalue weighted by molar-refractivity contribution is 6.38. The molecule has 6 nitrogen and oxygen atoms in total. The summed E-state index contributed by atoms with van der Waals surface area (Å²) in [5.41, 5.74) is 6.75. The van der Waals surface area contributed by atoms with Crippen molar-refractivity contribution in [1.29, 1.82) is 0 Å². The second-order valence-electron chi connectivity index (χ2n) is 4.59. The average molecular weight is 279 g/mol. The summed E-state index contributed by atoms with van der Waals surface area (Å²) >= 11 is 0. The fourth-order valence-corrected chi connectivity index (χ4v) is 1.71. The third-order valence-electron chi connectivity index (χ3n) is 3.00. The largest absolute Gasteiger partial charge is 0.477 e. The van der Waals surface area contributed by atoms with Crippen LogP contribution in [0.25, 0.3) is 0 Å². The minimum atomic E-state index is -1.14. The van der Waals surface area contributed by atoms with E-state index in [2.05, 4.69) is 30.7 Å². The van der Waals surface area contributed by atoms with Gasteiger partial charge >= 0.3 is 5.97 Å². The Morgan fingerprint density at radius 1 is 1.70 bits per heavy atom. The van der Waals surface area contributed by atoms with E-state index in [9.17, 15) is 4.79 Å². The number of carbonyl (C=O) groups is 1. The van der Waals surface area contributed by atoms with Gasteiger partial charge in [0.2, 0.25) is 0 Å². The van der Waals surface area contributed by atoms with Crippen LogP contribution in [0.1, 0.15) is 27.2 Å². The molecule has 0 aromatic heterocycles. The second kappa shape index (κ2) is 6.91. The molecule has 1 aliphatic rings. The van der Waals surface area contributed by atoms with Gasteiger partial charge in [0.25, 0.3) is 0 Å². The molecule has 0 fully saturated rings. The highest BCUT2D eigenvalue weighted by atomic mass is 16.5. The van der Waals surface area contributed by atoms with Crippen LogP contribution in [0.3, 0.4) is 0 Å². The second-order valence-corrected chi connectivity index (χ2v) is 4.59. The summed E-state index contributed by atoms with van der Waals surface area (Å²) in [6.45, 7) is 9.36. The van der Waals surface area contributed by atoms with Crippen molar-refractivity contribution < 1.29 is 14.6 Å². The molecule has 1 aliphatic heterocycles. The Hall–Kier alpha value is -2.08. The van der Waals surface area contributed by atoms with E-state index in [-0.39, 0.29) is 5.71 Å². The number of carboxylic acids is 1. The van der Waals surface area contributed by atoms with Crippen molar-refractivity contribution in [3.63, 3.8) is 0 Å². The summed E-state index contributed by atoms with van der Waals surface area (Å²) in [6.07, 6.45) is 3.33. The Morgan fingerprint density at radius 2 is 2.35 bits per heavy atom. The third-order valence-corrected chi connectivity index (χ3v) is 3.00. The first-order chi connectivity index (χ1) is 9.40. The maximum Gasteiger partial charge on any atom is 0.353 e. The number of allylic oxidation sites excluding steroid dienone is 2. The van der Waals surface area contributed by atoms with Crippen LogP contribution in [-0.2, 0) is 9.53 Å². The van der Waals surface area contributed by atoms with Gasteiger partial charge in [0.05, 0.1) is 12.0 Å². The summed E-state index contributed by atoms with van der Waals surface area (Å²) in [4.78, 5) is 15.0. The molecule has 6 heteroatoms. The van der Waals surface area contributed by atoms with Gasteiger partial charge < -0.3 is 20.9 Å². The van der Waals surface area contributed by atoms with E-state index in [1.165, 1.54) is 6.26 Å². The summed E-state index contributed by atoms with van der Waals surface area (Å²) in [6, 6.07) is 0. The lowest BCUT2D eigenvalue weighted by Gasteiger charge is -2.25. The van der Waals surface area contributed by atoms with Crippen molar-refractivity contribution in [3.05, 3.63) is 36.1 Å². The fourth-order valence-electron chi connectivity index (χ4n) is 1.71. The molecule has 0 aromatic carbocycles. The van der Waals surface area contributed by atoms with E-state index in [0.717, 1.165) is 6.42 Å². The molecule has 0 bridgehead atoms. The van der Waals surface area contributed by atoms with E-state index in [4.69, 9.17) is 15.6 Å². The molecule has 1 heterocycles. The van der Waals surface area contributed by atoms with Gasteiger partial charge in [-0.1, -0.05) is 20.4 Å². The van der Waals surface area contributed by atoms with Crippen LogP contribution in [0.4, 0.5) is 0 Å². The van der Waals surface area contributed by atoms with Gasteiger partial charge in [0, 0.05) is 0 Å². The quantitative estimate of drug-likeness (QED) is 0.643. The molecule has 0 aliphatic carbocycles. The molecule has 0 spiro atoms. The average Bonchev–Trinajstić information content (AvgIpc) is 2.40. The van der Waals surface area contributed by atoms with Crippen LogP contribution in [0.15, 0.2) is 41.1 Å². The summed E-state index contributed by atoms with van der Waals surface area (Å²) < 4.78 is 5.40. The topological polar surface area (TPSA) is 96.9 Å². The van der Waals surface area contributed by atoms with Gasteiger partial charge in [-0.05, 0) is 25.3 Å². The zero-order valence-electron chi connectivity index (χ0n) is 12.0. The molecule has 110 valence electrons. The predicted molar refractivity (Wildman–Crippen MR) is 77.7 cm³/mol. The van der Waals surface area contributed by atoms with Gasteiger partial charge in [-0.25, -0.2) is 9.79 Å². The normalized spacial score (nSPS) is 20.9. The van der Waals surface area contributed by atoms with E-state index in [1.54, 1.807) is 6.92 Å². The van der Waals surface area contributed by atoms with Crippen molar-refractivity contribution in [2.75, 3.05) is 0 Å². The standard InChI is InChI=1S/C14H21N3O3/c1-5-8(3)7-10(20-6-2)11-9(4)16-12(14(18)19)13(15)17-11/h6-8,13,17H,2,5,15H2,1,3-4H3,(H,18,19)/b10-7-. The van der Waals surface area contributed by atoms with Crippen LogP contribution in [0.5, 0.6) is 0 Å². The van der Waals surface area contributed by atoms with Crippen molar-refractivity contribution >= 4 is 11.7 Å². The summed E-state index contributed by atoms with van der Waals surface area (Å²) in [5, 5.41) is 11.9. The number of nitrogens with two attached hydrogens (primary N) is 1. The zero-order valence-corrected chi connectivity index (χ0v) is 12.0. The molecular formula is C14H21N3O3. The maximum absolute atomic E-state index is 11.0. The van der Waals surface area contributed by atoms with Gasteiger partial charge in [0.1, 0.15) is 17.6 Å².